The monoisotopic (exact) mass is 291 g/mol. The summed E-state index contributed by atoms with van der Waals surface area (Å²) >= 11 is 0. The van der Waals surface area contributed by atoms with Gasteiger partial charge in [0.15, 0.2) is 0 Å². The van der Waals surface area contributed by atoms with Crippen LogP contribution in [0.1, 0.15) is 44.6 Å². The molecule has 1 aromatic carbocycles. The predicted octanol–water partition coefficient (Wildman–Crippen LogP) is 3.10. The lowest BCUT2D eigenvalue weighted by Gasteiger charge is -2.31. The number of phenolic OH excluding ortho intramolecular Hbond substituents is 1. The number of rotatable bonds is 7. The predicted molar refractivity (Wildman–Crippen MR) is 86.4 cm³/mol. The highest BCUT2D eigenvalue weighted by molar-refractivity contribution is 5.25. The van der Waals surface area contributed by atoms with Crippen molar-refractivity contribution in [2.75, 3.05) is 13.2 Å². The summed E-state index contributed by atoms with van der Waals surface area (Å²) in [5, 5.41) is 22.4. The Morgan fingerprint density at radius 3 is 2.48 bits per heavy atom. The molecule has 3 nitrogen and oxygen atoms in total. The van der Waals surface area contributed by atoms with E-state index >= 15 is 0 Å². The number of hydrogen-bond donors (Lipinski definition) is 3. The van der Waals surface area contributed by atoms with E-state index in [2.05, 4.69) is 12.2 Å². The summed E-state index contributed by atoms with van der Waals surface area (Å²) in [7, 11) is 0. The van der Waals surface area contributed by atoms with Gasteiger partial charge in [-0.25, -0.2) is 0 Å². The van der Waals surface area contributed by atoms with Crippen LogP contribution in [0.15, 0.2) is 24.3 Å². The topological polar surface area (TPSA) is 52.5 Å². The third-order valence-electron chi connectivity index (χ3n) is 4.83. The number of aliphatic hydroxyl groups excluding tert-OH is 1. The molecule has 0 spiro atoms. The van der Waals surface area contributed by atoms with Crippen LogP contribution >= 0.6 is 0 Å². The maximum atomic E-state index is 9.45. The van der Waals surface area contributed by atoms with Gasteiger partial charge in [-0.05, 0) is 68.7 Å². The fraction of sp³-hybridized carbons (Fsp3) is 0.667. The molecule has 3 N–H and O–H groups in total. The summed E-state index contributed by atoms with van der Waals surface area (Å²) in [5.41, 5.74) is 1.27. The van der Waals surface area contributed by atoms with E-state index in [-0.39, 0.29) is 0 Å². The second-order valence-corrected chi connectivity index (χ2v) is 6.50. The van der Waals surface area contributed by atoms with Gasteiger partial charge in [-0.3, -0.25) is 0 Å². The molecule has 0 aliphatic heterocycles. The van der Waals surface area contributed by atoms with Gasteiger partial charge in [-0.1, -0.05) is 25.0 Å². The van der Waals surface area contributed by atoms with Gasteiger partial charge in [-0.15, -0.1) is 0 Å². The van der Waals surface area contributed by atoms with Gasteiger partial charge >= 0.3 is 0 Å². The Bertz CT molecular complexity index is 404. The van der Waals surface area contributed by atoms with E-state index in [0.29, 0.717) is 30.2 Å². The van der Waals surface area contributed by atoms with E-state index in [1.54, 1.807) is 12.1 Å². The maximum absolute atomic E-state index is 9.45. The zero-order chi connectivity index (χ0) is 15.1. The van der Waals surface area contributed by atoms with Gasteiger partial charge in [0.1, 0.15) is 5.75 Å². The van der Waals surface area contributed by atoms with Crippen molar-refractivity contribution in [3.05, 3.63) is 29.8 Å². The fourth-order valence-electron chi connectivity index (χ4n) is 3.29. The Hall–Kier alpha value is -1.06. The van der Waals surface area contributed by atoms with Crippen molar-refractivity contribution < 1.29 is 10.2 Å². The number of aromatic hydroxyl groups is 1. The minimum absolute atomic E-state index is 0.331. The average molecular weight is 291 g/mol. The van der Waals surface area contributed by atoms with Crippen molar-refractivity contribution in [1.82, 2.24) is 5.32 Å². The molecule has 0 amide bonds. The zero-order valence-corrected chi connectivity index (χ0v) is 13.1. The Morgan fingerprint density at radius 1 is 1.14 bits per heavy atom. The number of hydrogen-bond acceptors (Lipinski definition) is 3. The van der Waals surface area contributed by atoms with Gasteiger partial charge in [-0.2, -0.15) is 0 Å². The fourth-order valence-corrected chi connectivity index (χ4v) is 3.29. The van der Waals surface area contributed by atoms with Crippen LogP contribution in [-0.2, 0) is 6.42 Å². The minimum Gasteiger partial charge on any atom is -0.508 e. The molecule has 1 aromatic rings. The lowest BCUT2D eigenvalue weighted by Crippen LogP contribution is -2.36. The lowest BCUT2D eigenvalue weighted by molar-refractivity contribution is 0.131. The van der Waals surface area contributed by atoms with Crippen LogP contribution in [0.2, 0.25) is 0 Å². The van der Waals surface area contributed by atoms with E-state index in [1.165, 1.54) is 31.2 Å². The highest BCUT2D eigenvalue weighted by Crippen LogP contribution is 2.29. The third kappa shape index (κ3) is 5.33. The quantitative estimate of drug-likeness (QED) is 0.723. The van der Waals surface area contributed by atoms with Crippen LogP contribution in [0, 0.1) is 11.8 Å². The van der Waals surface area contributed by atoms with E-state index in [9.17, 15) is 10.2 Å². The van der Waals surface area contributed by atoms with Gasteiger partial charge < -0.3 is 15.5 Å². The van der Waals surface area contributed by atoms with Crippen molar-refractivity contribution >= 4 is 0 Å². The van der Waals surface area contributed by atoms with Crippen molar-refractivity contribution in [2.24, 2.45) is 11.8 Å². The van der Waals surface area contributed by atoms with Crippen molar-refractivity contribution in [3.63, 3.8) is 0 Å². The summed E-state index contributed by atoms with van der Waals surface area (Å²) in [6.07, 6.45) is 7.15. The first kappa shape index (κ1) is 16.3. The van der Waals surface area contributed by atoms with Gasteiger partial charge in [0.25, 0.3) is 0 Å². The van der Waals surface area contributed by atoms with E-state index < -0.39 is 0 Å². The van der Waals surface area contributed by atoms with Crippen molar-refractivity contribution in [1.29, 1.82) is 0 Å². The number of aryl methyl sites for hydroxylation is 1. The molecule has 0 bridgehead atoms. The Balaban J connectivity index is 1.69. The Morgan fingerprint density at radius 2 is 1.81 bits per heavy atom. The van der Waals surface area contributed by atoms with Gasteiger partial charge in [0.05, 0.1) is 0 Å². The first-order chi connectivity index (χ1) is 10.2. The third-order valence-corrected chi connectivity index (χ3v) is 4.83. The molecule has 0 saturated heterocycles. The standard InChI is InChI=1S/C18H29NO2/c1-14(6-7-15-8-10-18(21)11-9-15)19-12-16-4-2-3-5-17(16)13-20/h8-11,14,16-17,19-21H,2-7,12-13H2,1H3. The number of nitrogens with one attached hydrogen (secondary N) is 1. The van der Waals surface area contributed by atoms with Crippen molar-refractivity contribution in [2.45, 2.75) is 51.5 Å². The number of phenols is 1. The molecule has 3 heteroatoms. The van der Waals surface area contributed by atoms with Gasteiger partial charge in [0, 0.05) is 12.6 Å². The molecule has 2 rings (SSSR count). The molecule has 1 aliphatic carbocycles. The van der Waals surface area contributed by atoms with Crippen LogP contribution in [-0.4, -0.2) is 29.4 Å². The van der Waals surface area contributed by atoms with Crippen molar-refractivity contribution in [3.8, 4) is 5.75 Å². The zero-order valence-electron chi connectivity index (χ0n) is 13.1. The molecule has 21 heavy (non-hydrogen) atoms. The van der Waals surface area contributed by atoms with E-state index in [1.807, 2.05) is 12.1 Å². The number of benzene rings is 1. The highest BCUT2D eigenvalue weighted by atomic mass is 16.3. The lowest BCUT2D eigenvalue weighted by atomic mass is 9.79. The molecular weight excluding hydrogens is 262 g/mol. The molecular formula is C18H29NO2. The van der Waals surface area contributed by atoms with Gasteiger partial charge in [0.2, 0.25) is 0 Å². The van der Waals surface area contributed by atoms with E-state index in [4.69, 9.17) is 0 Å². The summed E-state index contributed by atoms with van der Waals surface area (Å²) in [4.78, 5) is 0. The largest absolute Gasteiger partial charge is 0.508 e. The molecule has 3 atom stereocenters. The molecule has 118 valence electrons. The molecule has 1 aliphatic rings. The van der Waals surface area contributed by atoms with Crippen LogP contribution in [0.5, 0.6) is 5.75 Å². The Kier molecular flexibility index (Phi) is 6.52. The van der Waals surface area contributed by atoms with Crippen LogP contribution in [0.25, 0.3) is 0 Å². The van der Waals surface area contributed by atoms with E-state index in [0.717, 1.165) is 19.4 Å². The van der Waals surface area contributed by atoms with Crippen LogP contribution in [0.3, 0.4) is 0 Å². The first-order valence-corrected chi connectivity index (χ1v) is 8.31. The second-order valence-electron chi connectivity index (χ2n) is 6.50. The molecule has 3 unspecified atom stereocenters. The summed E-state index contributed by atoms with van der Waals surface area (Å²) in [6.45, 7) is 3.60. The SMILES string of the molecule is CC(CCc1ccc(O)cc1)NCC1CCCCC1CO. The average Bonchev–Trinajstić information content (AvgIpc) is 2.52. The molecule has 0 aromatic heterocycles. The highest BCUT2D eigenvalue weighted by Gasteiger charge is 2.24. The minimum atomic E-state index is 0.331. The van der Waals surface area contributed by atoms with Crippen LogP contribution < -0.4 is 5.32 Å². The second kappa shape index (κ2) is 8.40. The molecule has 1 saturated carbocycles. The summed E-state index contributed by atoms with van der Waals surface area (Å²) in [5.74, 6) is 1.47. The summed E-state index contributed by atoms with van der Waals surface area (Å²) in [6, 6.07) is 7.97. The van der Waals surface area contributed by atoms with Crippen LogP contribution in [0.4, 0.5) is 0 Å². The molecule has 0 radical (unpaired) electrons. The molecule has 1 fully saturated rings. The smallest absolute Gasteiger partial charge is 0.115 e. The maximum Gasteiger partial charge on any atom is 0.115 e. The first-order valence-electron chi connectivity index (χ1n) is 8.31. The number of aliphatic hydroxyl groups is 1. The Labute approximate surface area is 128 Å². The molecule has 0 heterocycles. The normalized spacial score (nSPS) is 23.9. The summed E-state index contributed by atoms with van der Waals surface area (Å²) < 4.78 is 0.